The molecule has 15 heavy (non-hydrogen) atoms. The third-order valence-corrected chi connectivity index (χ3v) is 4.14. The molecule has 0 aliphatic heterocycles. The fourth-order valence-electron chi connectivity index (χ4n) is 0.893. The Hall–Kier alpha value is -1.13. The van der Waals surface area contributed by atoms with E-state index in [0.29, 0.717) is 0 Å². The smallest absolute Gasteiger partial charge is 0.242 e. The minimum absolute atomic E-state index is 0.0560. The Morgan fingerprint density at radius 1 is 1.53 bits per heavy atom. The highest BCUT2D eigenvalue weighted by molar-refractivity contribution is 9.10. The number of sulfonamides is 1. The van der Waals surface area contributed by atoms with Gasteiger partial charge in [0.2, 0.25) is 10.0 Å². The van der Waals surface area contributed by atoms with Gasteiger partial charge in [0.05, 0.1) is 11.3 Å². The second kappa shape index (κ2) is 4.59. The lowest BCUT2D eigenvalue weighted by Gasteiger charge is -2.06. The largest absolute Gasteiger partial charge is 0.282 e. The van der Waals surface area contributed by atoms with Gasteiger partial charge in [0.25, 0.3) is 0 Å². The maximum atomic E-state index is 12.7. The van der Waals surface area contributed by atoms with Gasteiger partial charge in [-0.25, -0.2) is 12.8 Å². The number of nitrogens with zero attached hydrogens (tertiary/aromatic N) is 1. The molecule has 0 bridgehead atoms. The molecule has 7 heteroatoms. The summed E-state index contributed by atoms with van der Waals surface area (Å²) in [7, 11) is -3.52. The van der Waals surface area contributed by atoms with Crippen LogP contribution >= 0.6 is 15.9 Å². The summed E-state index contributed by atoms with van der Waals surface area (Å²) in [5.41, 5.74) is 0.0119. The van der Waals surface area contributed by atoms with Gasteiger partial charge in [0, 0.05) is 0 Å². The zero-order valence-electron chi connectivity index (χ0n) is 7.37. The van der Waals surface area contributed by atoms with E-state index in [9.17, 15) is 12.8 Å². The third-order valence-electron chi connectivity index (χ3n) is 1.51. The maximum Gasteiger partial charge on any atom is 0.242 e. The Kier molecular flexibility index (Phi) is 3.66. The molecule has 0 atom stereocenters. The lowest BCUT2D eigenvalue weighted by Crippen LogP contribution is -2.14. The summed E-state index contributed by atoms with van der Waals surface area (Å²) in [6, 6.07) is 4.94. The van der Waals surface area contributed by atoms with Crippen molar-refractivity contribution in [2.24, 2.45) is 0 Å². The van der Waals surface area contributed by atoms with E-state index in [2.05, 4.69) is 20.7 Å². The van der Waals surface area contributed by atoms with Gasteiger partial charge in [-0.3, -0.25) is 4.72 Å². The van der Waals surface area contributed by atoms with E-state index in [4.69, 9.17) is 5.26 Å². The predicted octanol–water partition coefficient (Wildman–Crippen LogP) is 1.79. The molecular weight excluding hydrogens is 287 g/mol. The maximum absolute atomic E-state index is 12.7. The summed E-state index contributed by atoms with van der Waals surface area (Å²) in [4.78, 5) is 0. The number of alkyl halides is 1. The van der Waals surface area contributed by atoms with Crippen LogP contribution in [0.15, 0.2) is 18.2 Å². The number of rotatable bonds is 3. The Morgan fingerprint density at radius 2 is 2.20 bits per heavy atom. The average molecular weight is 293 g/mol. The SMILES string of the molecule is N#Cc1cc(F)ccc1NS(=O)(=O)CBr. The van der Waals surface area contributed by atoms with Crippen LogP contribution in [0.25, 0.3) is 0 Å². The molecule has 0 aliphatic rings. The Bertz CT molecular complexity index is 510. The number of nitrogens with one attached hydrogen (secondary N) is 1. The summed E-state index contributed by atoms with van der Waals surface area (Å²) in [5, 5.41) is 8.65. The zero-order valence-corrected chi connectivity index (χ0v) is 9.77. The first-order valence-electron chi connectivity index (χ1n) is 3.74. The van der Waals surface area contributed by atoms with Gasteiger partial charge in [0.15, 0.2) is 0 Å². The first-order chi connectivity index (χ1) is 6.98. The quantitative estimate of drug-likeness (QED) is 0.864. The van der Waals surface area contributed by atoms with Crippen molar-refractivity contribution in [3.05, 3.63) is 29.6 Å². The van der Waals surface area contributed by atoms with Crippen molar-refractivity contribution in [3.63, 3.8) is 0 Å². The lowest BCUT2D eigenvalue weighted by molar-refractivity contribution is 0.605. The van der Waals surface area contributed by atoms with E-state index in [-0.39, 0.29) is 15.9 Å². The van der Waals surface area contributed by atoms with E-state index in [1.807, 2.05) is 0 Å². The van der Waals surface area contributed by atoms with Crippen LogP contribution in [0.4, 0.5) is 10.1 Å². The molecule has 80 valence electrons. The highest BCUT2D eigenvalue weighted by Crippen LogP contribution is 2.17. The van der Waals surface area contributed by atoms with E-state index in [1.54, 1.807) is 6.07 Å². The van der Waals surface area contributed by atoms with Crippen molar-refractivity contribution in [1.82, 2.24) is 0 Å². The molecule has 0 amide bonds. The molecule has 0 unspecified atom stereocenters. The van der Waals surface area contributed by atoms with Crippen LogP contribution in [0.1, 0.15) is 5.56 Å². The standard InChI is InChI=1S/C8H6BrFN2O2S/c9-5-15(13,14)12-8-2-1-7(10)3-6(8)4-11/h1-3,12H,5H2. The van der Waals surface area contributed by atoms with Crippen LogP contribution in [0.2, 0.25) is 0 Å². The molecule has 1 N–H and O–H groups in total. The number of hydrogen-bond acceptors (Lipinski definition) is 3. The van der Waals surface area contributed by atoms with Crippen molar-refractivity contribution in [2.75, 3.05) is 9.38 Å². The van der Waals surface area contributed by atoms with E-state index in [1.165, 1.54) is 6.07 Å². The molecule has 4 nitrogen and oxygen atoms in total. The van der Waals surface area contributed by atoms with Crippen LogP contribution in [0.5, 0.6) is 0 Å². The Labute approximate surface area is 94.9 Å². The topological polar surface area (TPSA) is 70.0 Å². The van der Waals surface area contributed by atoms with Crippen molar-refractivity contribution in [2.45, 2.75) is 0 Å². The van der Waals surface area contributed by atoms with Gasteiger partial charge >= 0.3 is 0 Å². The molecule has 0 saturated heterocycles. The molecule has 0 saturated carbocycles. The second-order valence-electron chi connectivity index (χ2n) is 2.63. The van der Waals surface area contributed by atoms with Gasteiger partial charge in [0.1, 0.15) is 16.5 Å². The zero-order chi connectivity index (χ0) is 11.5. The van der Waals surface area contributed by atoms with Crippen LogP contribution in [-0.4, -0.2) is 13.1 Å². The molecule has 0 spiro atoms. The minimum atomic E-state index is -3.52. The van der Waals surface area contributed by atoms with Gasteiger partial charge in [-0.15, -0.1) is 0 Å². The van der Waals surface area contributed by atoms with Crippen molar-refractivity contribution >= 4 is 31.6 Å². The normalized spacial score (nSPS) is 10.7. The fraction of sp³-hybridized carbons (Fsp3) is 0.125. The molecule has 0 heterocycles. The number of nitriles is 1. The molecule has 0 fully saturated rings. The van der Waals surface area contributed by atoms with E-state index >= 15 is 0 Å². The highest BCUT2D eigenvalue weighted by atomic mass is 79.9. The number of halogens is 2. The van der Waals surface area contributed by atoms with Gasteiger partial charge in [-0.1, -0.05) is 15.9 Å². The first kappa shape index (κ1) is 11.9. The molecule has 1 rings (SSSR count). The number of hydrogen-bond donors (Lipinski definition) is 1. The molecular formula is C8H6BrFN2O2S. The van der Waals surface area contributed by atoms with Crippen molar-refractivity contribution < 1.29 is 12.8 Å². The van der Waals surface area contributed by atoms with E-state index in [0.717, 1.165) is 12.1 Å². The third kappa shape index (κ3) is 3.18. The van der Waals surface area contributed by atoms with Gasteiger partial charge in [-0.05, 0) is 18.2 Å². The van der Waals surface area contributed by atoms with Crippen LogP contribution in [0.3, 0.4) is 0 Å². The first-order valence-corrected chi connectivity index (χ1v) is 6.52. The molecule has 1 aromatic rings. The highest BCUT2D eigenvalue weighted by Gasteiger charge is 2.11. The van der Waals surface area contributed by atoms with Crippen molar-refractivity contribution in [3.8, 4) is 6.07 Å². The minimum Gasteiger partial charge on any atom is -0.282 e. The Morgan fingerprint density at radius 3 is 2.73 bits per heavy atom. The number of benzene rings is 1. The summed E-state index contributed by atoms with van der Waals surface area (Å²) in [6.07, 6.45) is 0. The molecule has 0 radical (unpaired) electrons. The van der Waals surface area contributed by atoms with E-state index < -0.39 is 15.8 Å². The fourth-order valence-corrected chi connectivity index (χ4v) is 1.80. The number of anilines is 1. The van der Waals surface area contributed by atoms with Crippen LogP contribution in [-0.2, 0) is 10.0 Å². The summed E-state index contributed by atoms with van der Waals surface area (Å²) < 4.78 is 36.9. The molecule has 0 aromatic heterocycles. The molecule has 0 aliphatic carbocycles. The summed E-state index contributed by atoms with van der Waals surface area (Å²) >= 11 is 2.78. The summed E-state index contributed by atoms with van der Waals surface area (Å²) in [6.45, 7) is 0. The van der Waals surface area contributed by atoms with Crippen LogP contribution < -0.4 is 4.72 Å². The second-order valence-corrected chi connectivity index (χ2v) is 5.65. The van der Waals surface area contributed by atoms with Gasteiger partial charge < -0.3 is 0 Å². The Balaban J connectivity index is 3.12. The monoisotopic (exact) mass is 292 g/mol. The predicted molar refractivity (Wildman–Crippen MR) is 57.5 cm³/mol. The van der Waals surface area contributed by atoms with Gasteiger partial charge in [-0.2, -0.15) is 5.26 Å². The lowest BCUT2D eigenvalue weighted by atomic mass is 10.2. The average Bonchev–Trinajstić information content (AvgIpc) is 2.20. The molecule has 1 aromatic carbocycles. The van der Waals surface area contributed by atoms with Crippen LogP contribution in [0, 0.1) is 17.1 Å². The van der Waals surface area contributed by atoms with Crippen molar-refractivity contribution in [1.29, 1.82) is 5.26 Å². The summed E-state index contributed by atoms with van der Waals surface area (Å²) in [5.74, 6) is -0.589.